The smallest absolute Gasteiger partial charge is 0.227 e. The molecule has 5 rings (SSSR count). The van der Waals surface area contributed by atoms with Crippen LogP contribution in [0.5, 0.6) is 0 Å². The van der Waals surface area contributed by atoms with Crippen molar-refractivity contribution in [2.24, 2.45) is 0 Å². The zero-order chi connectivity index (χ0) is 23.2. The summed E-state index contributed by atoms with van der Waals surface area (Å²) in [5.41, 5.74) is 2.13. The fourth-order valence-electron chi connectivity index (χ4n) is 3.30. The average Bonchev–Trinajstić information content (AvgIpc) is 3.21. The lowest BCUT2D eigenvalue weighted by molar-refractivity contribution is -0.672. The number of benzene rings is 1. The molecular formula is C20H17N2O+. The van der Waals surface area contributed by atoms with E-state index >= 15 is 0 Å². The Hall–Kier alpha value is -2.68. The van der Waals surface area contributed by atoms with Gasteiger partial charge in [-0.05, 0) is 44.3 Å². The molecule has 4 heterocycles. The minimum atomic E-state index is -2.61. The largest absolute Gasteiger partial charge is 0.437 e. The van der Waals surface area contributed by atoms with Gasteiger partial charge in [0.2, 0.25) is 11.4 Å². The first-order chi connectivity index (χ1) is 14.7. The number of hydrogen-bond acceptors (Lipinski definition) is 2. The fourth-order valence-corrected chi connectivity index (χ4v) is 3.30. The van der Waals surface area contributed by atoms with Crippen LogP contribution in [0.25, 0.3) is 33.3 Å². The maximum Gasteiger partial charge on any atom is 0.227 e. The Kier molecular flexibility index (Phi) is 1.25. The first-order valence-corrected chi connectivity index (χ1v) is 7.19. The van der Waals surface area contributed by atoms with Gasteiger partial charge in [-0.3, -0.25) is 0 Å². The summed E-state index contributed by atoms with van der Waals surface area (Å²) in [6.07, 6.45) is 1.38. The third kappa shape index (κ3) is 1.65. The molecule has 4 aromatic rings. The quantitative estimate of drug-likeness (QED) is 0.401. The third-order valence-electron chi connectivity index (χ3n) is 4.36. The summed E-state index contributed by atoms with van der Waals surface area (Å²) in [5, 5.41) is 1.36. The maximum atomic E-state index is 7.86. The minimum Gasteiger partial charge on any atom is -0.437 e. The second-order valence-electron chi connectivity index (χ2n) is 5.74. The van der Waals surface area contributed by atoms with Crippen molar-refractivity contribution >= 4 is 22.1 Å². The highest BCUT2D eigenvalue weighted by atomic mass is 16.3. The van der Waals surface area contributed by atoms with E-state index in [0.29, 0.717) is 34.2 Å². The van der Waals surface area contributed by atoms with E-state index in [9.17, 15) is 0 Å². The van der Waals surface area contributed by atoms with Gasteiger partial charge in [0.05, 0.1) is 5.56 Å². The van der Waals surface area contributed by atoms with Crippen molar-refractivity contribution in [2.45, 2.75) is 27.1 Å². The van der Waals surface area contributed by atoms with E-state index in [1.807, 2.05) is 12.1 Å². The molecular weight excluding hydrogens is 284 g/mol. The first kappa shape index (κ1) is 6.83. The summed E-state index contributed by atoms with van der Waals surface area (Å²) in [6, 6.07) is 8.21. The molecule has 0 saturated heterocycles. The molecule has 1 aliphatic rings. The predicted octanol–water partition coefficient (Wildman–Crippen LogP) is 4.22. The summed E-state index contributed by atoms with van der Waals surface area (Å²) in [4.78, 5) is 4.17. The van der Waals surface area contributed by atoms with E-state index in [0.717, 1.165) is 5.56 Å². The molecule has 0 N–H and O–H groups in total. The molecule has 0 fully saturated rings. The molecule has 112 valence electrons. The molecule has 0 unspecified atom stereocenters. The molecule has 0 aliphatic carbocycles. The third-order valence-corrected chi connectivity index (χ3v) is 4.36. The van der Waals surface area contributed by atoms with Crippen molar-refractivity contribution in [1.82, 2.24) is 4.98 Å². The van der Waals surface area contributed by atoms with Gasteiger partial charge in [0.25, 0.3) is 0 Å². The van der Waals surface area contributed by atoms with Crippen molar-refractivity contribution in [3.63, 3.8) is 0 Å². The van der Waals surface area contributed by atoms with Crippen LogP contribution in [0.1, 0.15) is 34.7 Å². The molecule has 1 aliphatic heterocycles. The molecule has 3 heteroatoms. The number of furan rings is 1. The van der Waals surface area contributed by atoms with Gasteiger partial charge in [-0.2, -0.15) is 4.57 Å². The molecule has 0 atom stereocenters. The molecule has 0 saturated carbocycles. The molecule has 23 heavy (non-hydrogen) atoms. The van der Waals surface area contributed by atoms with Gasteiger partial charge in [0, 0.05) is 46.0 Å². The number of nitrogens with zero attached hydrogens (tertiary/aromatic N) is 2. The highest BCUT2D eigenvalue weighted by molar-refractivity contribution is 6.09. The van der Waals surface area contributed by atoms with Crippen LogP contribution >= 0.6 is 0 Å². The summed E-state index contributed by atoms with van der Waals surface area (Å²) in [5.74, 6) is 0. The molecule has 0 radical (unpaired) electrons. The summed E-state index contributed by atoms with van der Waals surface area (Å²) < 4.78 is 77.4. The van der Waals surface area contributed by atoms with Crippen molar-refractivity contribution in [1.29, 1.82) is 0 Å². The number of rotatable bonds is 0. The Morgan fingerprint density at radius 3 is 2.87 bits per heavy atom. The van der Waals surface area contributed by atoms with Crippen LogP contribution in [0.3, 0.4) is 0 Å². The number of pyridine rings is 2. The monoisotopic (exact) mass is 310 g/mol. The molecule has 3 nitrogen and oxygen atoms in total. The second kappa shape index (κ2) is 4.19. The van der Waals surface area contributed by atoms with Crippen molar-refractivity contribution in [3.05, 3.63) is 58.9 Å². The summed E-state index contributed by atoms with van der Waals surface area (Å²) in [6.45, 7) is -7.21. The molecule has 0 spiro atoms. The zero-order valence-corrected chi connectivity index (χ0v) is 12.0. The molecule has 0 bridgehead atoms. The van der Waals surface area contributed by atoms with Crippen LogP contribution in [0.15, 0.2) is 40.9 Å². The predicted molar refractivity (Wildman–Crippen MR) is 90.5 cm³/mol. The Morgan fingerprint density at radius 1 is 1.09 bits per heavy atom. The zero-order valence-electron chi connectivity index (χ0n) is 21.0. The van der Waals surface area contributed by atoms with Crippen molar-refractivity contribution in [2.75, 3.05) is 0 Å². The number of aryl methyl sites for hydroxylation is 3. The van der Waals surface area contributed by atoms with Crippen LogP contribution in [0.2, 0.25) is 0 Å². The molecule has 1 aromatic carbocycles. The lowest BCUT2D eigenvalue weighted by Gasteiger charge is -2.00. The highest BCUT2D eigenvalue weighted by Crippen LogP contribution is 2.39. The molecule has 3 aromatic heterocycles. The van der Waals surface area contributed by atoms with Gasteiger partial charge in [0.15, 0.2) is 18.3 Å². The topological polar surface area (TPSA) is 29.9 Å². The summed E-state index contributed by atoms with van der Waals surface area (Å²) >= 11 is 0. The normalized spacial score (nSPS) is 20.3. The van der Waals surface area contributed by atoms with E-state index in [2.05, 4.69) is 4.98 Å². The maximum absolute atomic E-state index is 7.86. The van der Waals surface area contributed by atoms with Gasteiger partial charge >= 0.3 is 0 Å². The fraction of sp³-hybridized carbons (Fsp3) is 0.200. The lowest BCUT2D eigenvalue weighted by Crippen LogP contribution is -2.32. The number of fused-ring (bicyclic) bond motifs is 7. The van der Waals surface area contributed by atoms with Crippen LogP contribution in [0.4, 0.5) is 0 Å². The number of aromatic nitrogens is 2. The van der Waals surface area contributed by atoms with E-state index in [1.165, 1.54) is 18.3 Å². The van der Waals surface area contributed by atoms with Crippen LogP contribution in [0, 0.1) is 20.6 Å². The van der Waals surface area contributed by atoms with Gasteiger partial charge in [-0.15, -0.1) is 0 Å². The van der Waals surface area contributed by atoms with E-state index in [4.69, 9.17) is 16.8 Å². The lowest BCUT2D eigenvalue weighted by atomic mass is 10.0. The van der Waals surface area contributed by atoms with Gasteiger partial charge in [-0.1, -0.05) is 6.07 Å². The van der Waals surface area contributed by atoms with Gasteiger partial charge in [-0.25, -0.2) is 4.98 Å². The summed E-state index contributed by atoms with van der Waals surface area (Å²) in [7, 11) is 0. The average molecular weight is 310 g/mol. The second-order valence-corrected chi connectivity index (χ2v) is 5.74. The Bertz CT molecular complexity index is 1410. The SMILES string of the molecule is [2H]C([2H])([2H])c1ccc2c(n1)oc1c3c(ccc12)C[n+]1cc(C([2H])([2H])[2H])c(C([2H])([2H])[2H])cc1-3. The van der Waals surface area contributed by atoms with Crippen LogP contribution in [-0.2, 0) is 6.54 Å². The van der Waals surface area contributed by atoms with Crippen molar-refractivity contribution < 1.29 is 21.3 Å². The highest BCUT2D eigenvalue weighted by Gasteiger charge is 2.31. The Morgan fingerprint density at radius 2 is 2.00 bits per heavy atom. The van der Waals surface area contributed by atoms with Crippen molar-refractivity contribution in [3.8, 4) is 11.3 Å². The van der Waals surface area contributed by atoms with E-state index in [1.54, 1.807) is 10.6 Å². The van der Waals surface area contributed by atoms with E-state index in [-0.39, 0.29) is 22.5 Å². The van der Waals surface area contributed by atoms with Crippen LogP contribution in [-0.4, -0.2) is 4.98 Å². The Balaban J connectivity index is 1.80. The van der Waals surface area contributed by atoms with Crippen LogP contribution < -0.4 is 4.57 Å². The van der Waals surface area contributed by atoms with E-state index < -0.39 is 20.6 Å². The van der Waals surface area contributed by atoms with Gasteiger partial charge in [0.1, 0.15) is 0 Å². The standard InChI is InChI=1S/C20H17N2O/c1-11-8-17-18-14(10-22(17)9-12(11)2)5-7-15-16-6-4-13(3)21-20(16)23-19(15)18/h4-9H,10H2,1-3H3/q+1/i1D3,2D3,3D3. The first-order valence-electron chi connectivity index (χ1n) is 11.7. The molecule has 0 amide bonds. The minimum absolute atomic E-state index is 0.0810. The number of hydrogen-bond donors (Lipinski definition) is 0. The Labute approximate surface area is 146 Å². The van der Waals surface area contributed by atoms with Gasteiger partial charge < -0.3 is 4.42 Å².